The lowest BCUT2D eigenvalue weighted by molar-refractivity contribution is -0.143. The quantitative estimate of drug-likeness (QED) is 0.582. The van der Waals surface area contributed by atoms with Gasteiger partial charge < -0.3 is 19.5 Å². The fourth-order valence-corrected chi connectivity index (χ4v) is 2.15. The summed E-state index contributed by atoms with van der Waals surface area (Å²) < 4.78 is 15.3. The number of hydrogen-bond donors (Lipinski definition) is 1. The minimum Gasteiger partial charge on any atom is -0.493 e. The van der Waals surface area contributed by atoms with Crippen molar-refractivity contribution < 1.29 is 23.8 Å². The molecule has 0 unspecified atom stereocenters. The molecule has 1 amide bonds. The van der Waals surface area contributed by atoms with Gasteiger partial charge in [0, 0.05) is 12.6 Å². The zero-order valence-electron chi connectivity index (χ0n) is 14.7. The van der Waals surface area contributed by atoms with Gasteiger partial charge in [-0.1, -0.05) is 36.4 Å². The second-order valence-corrected chi connectivity index (χ2v) is 5.32. The van der Waals surface area contributed by atoms with Crippen LogP contribution in [0.5, 0.6) is 11.5 Å². The topological polar surface area (TPSA) is 73.9 Å². The van der Waals surface area contributed by atoms with Gasteiger partial charge in [0.05, 0.1) is 14.2 Å². The first kappa shape index (κ1) is 19.1. The highest BCUT2D eigenvalue weighted by atomic mass is 16.5. The maximum Gasteiger partial charge on any atom is 0.331 e. The minimum absolute atomic E-state index is 0.331. The van der Waals surface area contributed by atoms with E-state index in [2.05, 4.69) is 5.32 Å². The molecular formula is C20H21NO5. The van der Waals surface area contributed by atoms with E-state index in [4.69, 9.17) is 14.2 Å². The fourth-order valence-electron chi connectivity index (χ4n) is 2.15. The van der Waals surface area contributed by atoms with Gasteiger partial charge in [-0.25, -0.2) is 4.79 Å². The Morgan fingerprint density at radius 1 is 1.00 bits per heavy atom. The molecule has 0 spiro atoms. The van der Waals surface area contributed by atoms with Gasteiger partial charge in [0.15, 0.2) is 18.1 Å². The summed E-state index contributed by atoms with van der Waals surface area (Å²) in [5.74, 6) is 0.196. The molecule has 136 valence electrons. The number of methoxy groups -OCH3 is 2. The number of nitrogens with one attached hydrogen (secondary N) is 1. The highest BCUT2D eigenvalue weighted by molar-refractivity contribution is 5.89. The van der Waals surface area contributed by atoms with E-state index < -0.39 is 5.97 Å². The third-order valence-electron chi connectivity index (χ3n) is 3.50. The van der Waals surface area contributed by atoms with E-state index >= 15 is 0 Å². The summed E-state index contributed by atoms with van der Waals surface area (Å²) >= 11 is 0. The molecule has 2 rings (SSSR count). The average molecular weight is 355 g/mol. The first-order valence-corrected chi connectivity index (χ1v) is 8.00. The molecule has 2 aromatic carbocycles. The molecule has 0 atom stereocenters. The summed E-state index contributed by atoms with van der Waals surface area (Å²) in [5.41, 5.74) is 1.72. The van der Waals surface area contributed by atoms with Gasteiger partial charge in [0.25, 0.3) is 5.91 Å². The Labute approximate surface area is 152 Å². The molecule has 0 saturated carbocycles. The first-order valence-electron chi connectivity index (χ1n) is 8.00. The van der Waals surface area contributed by atoms with Crippen molar-refractivity contribution in [2.24, 2.45) is 0 Å². The maximum atomic E-state index is 11.7. The molecule has 0 aliphatic rings. The highest BCUT2D eigenvalue weighted by Gasteiger charge is 2.06. The lowest BCUT2D eigenvalue weighted by atomic mass is 10.2. The van der Waals surface area contributed by atoms with E-state index in [1.54, 1.807) is 31.4 Å². The van der Waals surface area contributed by atoms with Crippen molar-refractivity contribution in [1.82, 2.24) is 5.32 Å². The molecule has 0 radical (unpaired) electrons. The van der Waals surface area contributed by atoms with Crippen LogP contribution in [0.3, 0.4) is 0 Å². The molecule has 2 aromatic rings. The molecule has 0 saturated heterocycles. The summed E-state index contributed by atoms with van der Waals surface area (Å²) in [4.78, 5) is 23.4. The number of carbonyl (C=O) groups is 2. The molecule has 6 heteroatoms. The monoisotopic (exact) mass is 355 g/mol. The van der Waals surface area contributed by atoms with Crippen molar-refractivity contribution in [3.63, 3.8) is 0 Å². The minimum atomic E-state index is -0.602. The molecule has 1 N–H and O–H groups in total. The molecule has 0 aromatic heterocycles. The number of esters is 1. The number of rotatable bonds is 8. The van der Waals surface area contributed by atoms with Gasteiger partial charge in [-0.05, 0) is 29.3 Å². The van der Waals surface area contributed by atoms with E-state index in [-0.39, 0.29) is 12.5 Å². The molecule has 6 nitrogen and oxygen atoms in total. The van der Waals surface area contributed by atoms with E-state index in [1.165, 1.54) is 13.2 Å². The van der Waals surface area contributed by atoms with E-state index in [1.807, 2.05) is 30.3 Å². The molecule has 0 aliphatic heterocycles. The van der Waals surface area contributed by atoms with Crippen molar-refractivity contribution in [3.05, 3.63) is 65.7 Å². The zero-order valence-corrected chi connectivity index (χ0v) is 14.7. The van der Waals surface area contributed by atoms with Crippen LogP contribution in [-0.4, -0.2) is 32.7 Å². The van der Waals surface area contributed by atoms with Crippen LogP contribution in [0.1, 0.15) is 11.1 Å². The fraction of sp³-hybridized carbons (Fsp3) is 0.200. The van der Waals surface area contributed by atoms with Crippen molar-refractivity contribution in [2.45, 2.75) is 6.54 Å². The maximum absolute atomic E-state index is 11.7. The molecule has 26 heavy (non-hydrogen) atoms. The second kappa shape index (κ2) is 9.88. The Bertz CT molecular complexity index is 771. The van der Waals surface area contributed by atoms with Crippen LogP contribution in [-0.2, 0) is 20.9 Å². The number of benzene rings is 2. The van der Waals surface area contributed by atoms with Gasteiger partial charge in [-0.2, -0.15) is 0 Å². The van der Waals surface area contributed by atoms with Crippen LogP contribution in [0.2, 0.25) is 0 Å². The number of carbonyl (C=O) groups excluding carboxylic acids is 2. The lowest BCUT2D eigenvalue weighted by Crippen LogP contribution is -2.28. The largest absolute Gasteiger partial charge is 0.493 e. The van der Waals surface area contributed by atoms with Gasteiger partial charge in [0.2, 0.25) is 0 Å². The third-order valence-corrected chi connectivity index (χ3v) is 3.50. The van der Waals surface area contributed by atoms with E-state index in [0.717, 1.165) is 11.1 Å². The summed E-state index contributed by atoms with van der Waals surface area (Å²) in [5, 5.41) is 2.69. The van der Waals surface area contributed by atoms with Gasteiger partial charge in [0.1, 0.15) is 0 Å². The van der Waals surface area contributed by atoms with E-state index in [9.17, 15) is 9.59 Å². The van der Waals surface area contributed by atoms with Crippen molar-refractivity contribution in [2.75, 3.05) is 20.8 Å². The molecule has 0 aliphatic carbocycles. The summed E-state index contributed by atoms with van der Waals surface area (Å²) in [6.45, 7) is 0.0562. The number of hydrogen-bond acceptors (Lipinski definition) is 5. The SMILES string of the molecule is COc1ccc(/C=C/C(=O)OCC(=O)NCc2ccccc2)cc1OC. The Balaban J connectivity index is 1.79. The standard InChI is InChI=1S/C20H21NO5/c1-24-17-10-8-15(12-18(17)25-2)9-11-20(23)26-14-19(22)21-13-16-6-4-3-5-7-16/h3-12H,13-14H2,1-2H3,(H,21,22)/b11-9+. The van der Waals surface area contributed by atoms with Crippen LogP contribution in [0, 0.1) is 0 Å². The molecule has 0 bridgehead atoms. The van der Waals surface area contributed by atoms with Crippen LogP contribution < -0.4 is 14.8 Å². The number of ether oxygens (including phenoxy) is 3. The highest BCUT2D eigenvalue weighted by Crippen LogP contribution is 2.27. The second-order valence-electron chi connectivity index (χ2n) is 5.32. The first-order chi connectivity index (χ1) is 12.6. The van der Waals surface area contributed by atoms with E-state index in [0.29, 0.717) is 18.0 Å². The Kier molecular flexibility index (Phi) is 7.24. The van der Waals surface area contributed by atoms with Crippen LogP contribution in [0.4, 0.5) is 0 Å². The average Bonchev–Trinajstić information content (AvgIpc) is 2.69. The van der Waals surface area contributed by atoms with Gasteiger partial charge in [-0.3, -0.25) is 4.79 Å². The smallest absolute Gasteiger partial charge is 0.331 e. The normalized spacial score (nSPS) is 10.4. The molecular weight excluding hydrogens is 334 g/mol. The van der Waals surface area contributed by atoms with Crippen LogP contribution in [0.25, 0.3) is 6.08 Å². The Morgan fingerprint density at radius 3 is 2.42 bits per heavy atom. The van der Waals surface area contributed by atoms with Gasteiger partial charge >= 0.3 is 5.97 Å². The van der Waals surface area contributed by atoms with Crippen molar-refractivity contribution in [3.8, 4) is 11.5 Å². The third kappa shape index (κ3) is 5.98. The lowest BCUT2D eigenvalue weighted by Gasteiger charge is -2.07. The van der Waals surface area contributed by atoms with Gasteiger partial charge in [-0.15, -0.1) is 0 Å². The Hall–Kier alpha value is -3.28. The van der Waals surface area contributed by atoms with Crippen LogP contribution >= 0.6 is 0 Å². The zero-order chi connectivity index (χ0) is 18.8. The predicted molar refractivity (Wildman–Crippen MR) is 97.8 cm³/mol. The number of amides is 1. The van der Waals surface area contributed by atoms with Crippen molar-refractivity contribution >= 4 is 18.0 Å². The Morgan fingerprint density at radius 2 is 1.73 bits per heavy atom. The molecule has 0 fully saturated rings. The molecule has 0 heterocycles. The predicted octanol–water partition coefficient (Wildman–Crippen LogP) is 2.58. The van der Waals surface area contributed by atoms with Crippen LogP contribution in [0.15, 0.2) is 54.6 Å². The van der Waals surface area contributed by atoms with Crippen molar-refractivity contribution in [1.29, 1.82) is 0 Å². The summed E-state index contributed by atoms with van der Waals surface area (Å²) in [6, 6.07) is 14.7. The summed E-state index contributed by atoms with van der Waals surface area (Å²) in [6.07, 6.45) is 2.83. The summed E-state index contributed by atoms with van der Waals surface area (Å²) in [7, 11) is 3.08.